The molecule has 0 unspecified atom stereocenters. The second-order valence-corrected chi connectivity index (χ2v) is 6.88. The summed E-state index contributed by atoms with van der Waals surface area (Å²) in [6.45, 7) is 0. The van der Waals surface area contributed by atoms with Crippen molar-refractivity contribution in [3.05, 3.63) is 76.0 Å². The standard InChI is InChI=1S/C20H12N2S2/c21-12-17-16(19-6-3-9-24-19)11-18(22-20(17)23)15-8-7-13-4-1-2-5-14(13)10-15/h1-10H,11H2. The molecule has 24 heavy (non-hydrogen) atoms. The number of aliphatic imine (C=N–C) groups is 1. The topological polar surface area (TPSA) is 36.1 Å². The van der Waals surface area contributed by atoms with Gasteiger partial charge in [0.1, 0.15) is 11.1 Å². The van der Waals surface area contributed by atoms with Gasteiger partial charge in [0.25, 0.3) is 0 Å². The predicted molar refractivity (Wildman–Crippen MR) is 105 cm³/mol. The van der Waals surface area contributed by atoms with Crippen molar-refractivity contribution in [3.63, 3.8) is 0 Å². The van der Waals surface area contributed by atoms with Crippen molar-refractivity contribution in [2.75, 3.05) is 0 Å². The molecule has 2 heterocycles. The molecular formula is C20H12N2S2. The molecule has 1 aliphatic heterocycles. The number of nitriles is 1. The number of allylic oxidation sites excluding steroid dienone is 1. The van der Waals surface area contributed by atoms with E-state index in [-0.39, 0.29) is 0 Å². The van der Waals surface area contributed by atoms with Gasteiger partial charge in [-0.3, -0.25) is 0 Å². The number of hydrogen-bond donors (Lipinski definition) is 0. The molecule has 0 spiro atoms. The zero-order chi connectivity index (χ0) is 16.5. The molecule has 0 saturated heterocycles. The Bertz CT molecular complexity index is 1050. The van der Waals surface area contributed by atoms with Gasteiger partial charge in [-0.25, -0.2) is 4.99 Å². The molecule has 2 aromatic carbocycles. The Kier molecular flexibility index (Phi) is 3.81. The molecule has 0 aliphatic carbocycles. The average Bonchev–Trinajstić information content (AvgIpc) is 3.15. The van der Waals surface area contributed by atoms with Crippen molar-refractivity contribution >= 4 is 50.6 Å². The highest BCUT2D eigenvalue weighted by Gasteiger charge is 2.22. The van der Waals surface area contributed by atoms with Crippen molar-refractivity contribution in [3.8, 4) is 6.07 Å². The van der Waals surface area contributed by atoms with Crippen LogP contribution in [0.5, 0.6) is 0 Å². The Morgan fingerprint density at radius 3 is 2.62 bits per heavy atom. The van der Waals surface area contributed by atoms with E-state index >= 15 is 0 Å². The summed E-state index contributed by atoms with van der Waals surface area (Å²) in [6, 6.07) is 20.8. The average molecular weight is 344 g/mol. The maximum atomic E-state index is 9.47. The molecule has 0 saturated carbocycles. The molecular weight excluding hydrogens is 332 g/mol. The molecule has 4 heteroatoms. The van der Waals surface area contributed by atoms with Crippen molar-refractivity contribution in [1.29, 1.82) is 5.26 Å². The van der Waals surface area contributed by atoms with Crippen LogP contribution in [0.4, 0.5) is 0 Å². The van der Waals surface area contributed by atoms with E-state index in [9.17, 15) is 5.26 Å². The van der Waals surface area contributed by atoms with Crippen LogP contribution in [0.3, 0.4) is 0 Å². The molecule has 4 rings (SSSR count). The summed E-state index contributed by atoms with van der Waals surface area (Å²) < 4.78 is 0. The molecule has 0 bridgehead atoms. The number of rotatable bonds is 2. The molecule has 0 fully saturated rings. The minimum Gasteiger partial charge on any atom is -0.239 e. The quantitative estimate of drug-likeness (QED) is 0.584. The summed E-state index contributed by atoms with van der Waals surface area (Å²) in [5.74, 6) is 0. The summed E-state index contributed by atoms with van der Waals surface area (Å²) in [6.07, 6.45) is 0.627. The van der Waals surface area contributed by atoms with Gasteiger partial charge in [0.2, 0.25) is 0 Å². The van der Waals surface area contributed by atoms with E-state index in [1.165, 1.54) is 10.8 Å². The molecule has 1 aromatic heterocycles. The maximum Gasteiger partial charge on any atom is 0.144 e. The van der Waals surface area contributed by atoms with Gasteiger partial charge in [-0.15, -0.1) is 11.3 Å². The van der Waals surface area contributed by atoms with Crippen LogP contribution in [0.15, 0.2) is 70.5 Å². The number of thiophene rings is 1. The lowest BCUT2D eigenvalue weighted by atomic mass is 9.93. The van der Waals surface area contributed by atoms with E-state index in [1.54, 1.807) is 11.3 Å². The van der Waals surface area contributed by atoms with Crippen molar-refractivity contribution in [2.45, 2.75) is 6.42 Å². The van der Waals surface area contributed by atoms with Gasteiger partial charge in [-0.05, 0) is 39.4 Å². The van der Waals surface area contributed by atoms with Crippen LogP contribution in [0.1, 0.15) is 16.9 Å². The van der Waals surface area contributed by atoms with Crippen molar-refractivity contribution in [1.82, 2.24) is 0 Å². The Morgan fingerprint density at radius 1 is 1.04 bits per heavy atom. The molecule has 0 radical (unpaired) electrons. The minimum absolute atomic E-state index is 0.385. The lowest BCUT2D eigenvalue weighted by Gasteiger charge is -2.17. The van der Waals surface area contributed by atoms with Gasteiger partial charge < -0.3 is 0 Å². The summed E-state index contributed by atoms with van der Waals surface area (Å²) in [7, 11) is 0. The highest BCUT2D eigenvalue weighted by Crippen LogP contribution is 2.32. The molecule has 3 aromatic rings. The maximum absolute atomic E-state index is 9.47. The number of benzene rings is 2. The van der Waals surface area contributed by atoms with Crippen LogP contribution in [-0.4, -0.2) is 10.7 Å². The number of nitrogens with zero attached hydrogens (tertiary/aromatic N) is 2. The zero-order valence-corrected chi connectivity index (χ0v) is 14.3. The summed E-state index contributed by atoms with van der Waals surface area (Å²) in [5, 5.41) is 13.9. The monoisotopic (exact) mass is 344 g/mol. The van der Waals surface area contributed by atoms with Crippen LogP contribution in [0.2, 0.25) is 0 Å². The summed E-state index contributed by atoms with van der Waals surface area (Å²) in [4.78, 5) is 6.01. The highest BCUT2D eigenvalue weighted by atomic mass is 32.1. The zero-order valence-electron chi connectivity index (χ0n) is 12.7. The predicted octanol–water partition coefficient (Wildman–Crippen LogP) is 5.40. The number of thiocarbonyl (C=S) groups is 1. The van der Waals surface area contributed by atoms with Gasteiger partial charge in [0, 0.05) is 11.3 Å². The molecule has 0 atom stereocenters. The summed E-state index contributed by atoms with van der Waals surface area (Å²) in [5.41, 5.74) is 3.49. The van der Waals surface area contributed by atoms with Crippen LogP contribution in [-0.2, 0) is 0 Å². The van der Waals surface area contributed by atoms with Crippen LogP contribution >= 0.6 is 23.6 Å². The summed E-state index contributed by atoms with van der Waals surface area (Å²) >= 11 is 7.01. The van der Waals surface area contributed by atoms with E-state index in [2.05, 4.69) is 41.4 Å². The van der Waals surface area contributed by atoms with Gasteiger partial charge in [-0.2, -0.15) is 5.26 Å². The Hall–Kier alpha value is -2.61. The Morgan fingerprint density at radius 2 is 1.88 bits per heavy atom. The fraction of sp³-hybridized carbons (Fsp3) is 0.0500. The third-order valence-electron chi connectivity index (χ3n) is 4.11. The van der Waals surface area contributed by atoms with Gasteiger partial charge in [0.15, 0.2) is 0 Å². The Balaban J connectivity index is 1.79. The molecule has 0 N–H and O–H groups in total. The molecule has 0 amide bonds. The largest absolute Gasteiger partial charge is 0.239 e. The van der Waals surface area contributed by atoms with Gasteiger partial charge >= 0.3 is 0 Å². The first-order chi connectivity index (χ1) is 11.8. The van der Waals surface area contributed by atoms with Gasteiger partial charge in [-0.1, -0.05) is 54.7 Å². The number of fused-ring (bicyclic) bond motifs is 1. The van der Waals surface area contributed by atoms with Crippen LogP contribution in [0.25, 0.3) is 16.3 Å². The fourth-order valence-electron chi connectivity index (χ4n) is 2.91. The van der Waals surface area contributed by atoms with Crippen LogP contribution in [0, 0.1) is 11.3 Å². The SMILES string of the molecule is N#CC1=C(c2cccs2)CC(c2ccc3ccccc3c2)=NC1=S. The van der Waals surface area contributed by atoms with E-state index in [0.717, 1.165) is 21.7 Å². The van der Waals surface area contributed by atoms with E-state index < -0.39 is 0 Å². The fourth-order valence-corrected chi connectivity index (χ4v) is 3.97. The first-order valence-corrected chi connectivity index (χ1v) is 8.83. The Labute approximate surface area is 149 Å². The smallest absolute Gasteiger partial charge is 0.144 e. The first-order valence-electron chi connectivity index (χ1n) is 7.54. The lowest BCUT2D eigenvalue weighted by Crippen LogP contribution is -2.14. The van der Waals surface area contributed by atoms with E-state index in [0.29, 0.717) is 17.0 Å². The third kappa shape index (κ3) is 2.58. The van der Waals surface area contributed by atoms with Crippen LogP contribution < -0.4 is 0 Å². The first kappa shape index (κ1) is 14.9. The molecule has 114 valence electrons. The normalized spacial score (nSPS) is 14.6. The third-order valence-corrected chi connectivity index (χ3v) is 5.33. The second-order valence-electron chi connectivity index (χ2n) is 5.55. The van der Waals surface area contributed by atoms with E-state index in [4.69, 9.17) is 12.2 Å². The number of dihydropyridines is 1. The highest BCUT2D eigenvalue weighted by molar-refractivity contribution is 7.80. The lowest BCUT2D eigenvalue weighted by molar-refractivity contribution is 1.39. The minimum atomic E-state index is 0.385. The molecule has 1 aliphatic rings. The van der Waals surface area contributed by atoms with Gasteiger partial charge in [0.05, 0.1) is 11.3 Å². The van der Waals surface area contributed by atoms with Crippen molar-refractivity contribution < 1.29 is 0 Å². The number of hydrogen-bond acceptors (Lipinski definition) is 3. The molecule has 2 nitrogen and oxygen atoms in total. The van der Waals surface area contributed by atoms with Crippen molar-refractivity contribution in [2.24, 2.45) is 4.99 Å². The second kappa shape index (κ2) is 6.12. The van der Waals surface area contributed by atoms with E-state index in [1.807, 2.05) is 29.6 Å².